The lowest BCUT2D eigenvalue weighted by molar-refractivity contribution is -0.121. The lowest BCUT2D eigenvalue weighted by Crippen LogP contribution is -2.41. The van der Waals surface area contributed by atoms with E-state index in [2.05, 4.69) is 10.3 Å². The van der Waals surface area contributed by atoms with Crippen LogP contribution in [-0.4, -0.2) is 29.4 Å². The molecule has 1 aliphatic heterocycles. The van der Waals surface area contributed by atoms with Crippen LogP contribution >= 0.6 is 11.6 Å². The molecule has 0 aliphatic carbocycles. The van der Waals surface area contributed by atoms with Crippen LogP contribution in [0.4, 0.5) is 11.4 Å². The van der Waals surface area contributed by atoms with Gasteiger partial charge in [-0.25, -0.2) is 0 Å². The Balaban J connectivity index is 1.61. The number of hydrogen-bond acceptors (Lipinski definition) is 4. The smallest absolute Gasteiger partial charge is 0.265 e. The molecule has 1 aliphatic rings. The van der Waals surface area contributed by atoms with Crippen molar-refractivity contribution in [1.29, 1.82) is 0 Å². The number of para-hydroxylation sites is 2. The maximum absolute atomic E-state index is 13.0. The molecule has 0 radical (unpaired) electrons. The third-order valence-electron chi connectivity index (χ3n) is 4.66. The second kappa shape index (κ2) is 7.48. The lowest BCUT2D eigenvalue weighted by Gasteiger charge is -2.27. The minimum atomic E-state index is -0.292. The molecule has 0 saturated heterocycles. The summed E-state index contributed by atoms with van der Waals surface area (Å²) in [7, 11) is 0. The molecule has 28 heavy (non-hydrogen) atoms. The Morgan fingerprint density at radius 1 is 1.25 bits per heavy atom. The summed E-state index contributed by atoms with van der Waals surface area (Å²) in [5.41, 5.74) is 1.88. The van der Waals surface area contributed by atoms with Crippen molar-refractivity contribution < 1.29 is 14.3 Å². The zero-order valence-electron chi connectivity index (χ0n) is 15.2. The highest BCUT2D eigenvalue weighted by Gasteiger charge is 2.29. The predicted molar refractivity (Wildman–Crippen MR) is 109 cm³/mol. The van der Waals surface area contributed by atoms with Gasteiger partial charge in [-0.1, -0.05) is 23.7 Å². The van der Waals surface area contributed by atoms with Crippen LogP contribution in [0.2, 0.25) is 5.02 Å². The normalized spacial score (nSPS) is 16.3. The first-order valence-electron chi connectivity index (χ1n) is 8.91. The maximum Gasteiger partial charge on any atom is 0.265 e. The van der Waals surface area contributed by atoms with Crippen LogP contribution in [0, 0.1) is 0 Å². The van der Waals surface area contributed by atoms with Gasteiger partial charge >= 0.3 is 0 Å². The lowest BCUT2D eigenvalue weighted by atomic mass is 10.1. The monoisotopic (exact) mass is 395 g/mol. The number of pyridine rings is 1. The van der Waals surface area contributed by atoms with Crippen molar-refractivity contribution in [2.75, 3.05) is 16.8 Å². The molecule has 7 heteroatoms. The fourth-order valence-corrected chi connectivity index (χ4v) is 3.62. The number of rotatable bonds is 3. The van der Waals surface area contributed by atoms with Crippen molar-refractivity contribution >= 4 is 45.7 Å². The first-order valence-corrected chi connectivity index (χ1v) is 9.29. The number of carbonyl (C=O) groups is 2. The van der Waals surface area contributed by atoms with Crippen molar-refractivity contribution in [2.45, 2.75) is 19.4 Å². The number of ether oxygens (including phenoxy) is 1. The largest absolute Gasteiger partial charge is 0.481 e. The van der Waals surface area contributed by atoms with Gasteiger partial charge in [-0.15, -0.1) is 0 Å². The molecule has 1 N–H and O–H groups in total. The summed E-state index contributed by atoms with van der Waals surface area (Å²) in [6.45, 7) is 1.67. The van der Waals surface area contributed by atoms with Crippen molar-refractivity contribution in [3.05, 3.63) is 59.8 Å². The minimum absolute atomic E-state index is 0.121. The highest BCUT2D eigenvalue weighted by molar-refractivity contribution is 6.35. The molecule has 0 fully saturated rings. The topological polar surface area (TPSA) is 71.5 Å². The number of nitrogens with zero attached hydrogens (tertiary/aromatic N) is 2. The third-order valence-corrected chi connectivity index (χ3v) is 4.99. The number of hydrogen-bond donors (Lipinski definition) is 1. The predicted octanol–water partition coefficient (Wildman–Crippen LogP) is 4.03. The molecule has 0 bridgehead atoms. The van der Waals surface area contributed by atoms with Crippen LogP contribution in [0.25, 0.3) is 10.9 Å². The summed E-state index contributed by atoms with van der Waals surface area (Å²) in [5, 5.41) is 4.18. The van der Waals surface area contributed by atoms with Crippen LogP contribution in [-0.2, 0) is 9.59 Å². The van der Waals surface area contributed by atoms with Gasteiger partial charge in [-0.2, -0.15) is 0 Å². The van der Waals surface area contributed by atoms with E-state index in [9.17, 15) is 9.59 Å². The standard InChI is InChI=1S/C21H18ClN3O3/c1-13-11-19(26)24-16-6-2-3-7-17(16)25(13)20(27)12-28-18-9-8-15(22)14-5-4-10-23-21(14)18/h2-10,13H,11-12H2,1H3,(H,24,26). The van der Waals surface area contributed by atoms with Gasteiger partial charge in [0.15, 0.2) is 6.61 Å². The van der Waals surface area contributed by atoms with Crippen molar-refractivity contribution in [2.24, 2.45) is 0 Å². The van der Waals surface area contributed by atoms with Crippen molar-refractivity contribution in [1.82, 2.24) is 4.98 Å². The van der Waals surface area contributed by atoms with E-state index in [-0.39, 0.29) is 30.9 Å². The second-order valence-corrected chi connectivity index (χ2v) is 7.02. The number of fused-ring (bicyclic) bond motifs is 2. The number of halogens is 1. The van der Waals surface area contributed by atoms with Crippen LogP contribution in [0.5, 0.6) is 5.75 Å². The summed E-state index contributed by atoms with van der Waals surface area (Å²) in [6, 6.07) is 14.0. The molecule has 4 rings (SSSR count). The first-order chi connectivity index (χ1) is 13.5. The van der Waals surface area contributed by atoms with Crippen LogP contribution in [0.15, 0.2) is 54.7 Å². The zero-order valence-corrected chi connectivity index (χ0v) is 15.9. The molecule has 1 unspecified atom stereocenters. The molecule has 1 aromatic heterocycles. The Morgan fingerprint density at radius 2 is 2.07 bits per heavy atom. The number of anilines is 2. The molecule has 1 atom stereocenters. The number of aromatic nitrogens is 1. The summed E-state index contributed by atoms with van der Waals surface area (Å²) < 4.78 is 5.80. The van der Waals surface area contributed by atoms with Gasteiger partial charge in [0.1, 0.15) is 11.3 Å². The third kappa shape index (κ3) is 3.39. The van der Waals surface area contributed by atoms with Gasteiger partial charge in [-0.05, 0) is 43.3 Å². The van der Waals surface area contributed by atoms with Crippen LogP contribution in [0.3, 0.4) is 0 Å². The van der Waals surface area contributed by atoms with E-state index < -0.39 is 0 Å². The Morgan fingerprint density at radius 3 is 2.93 bits per heavy atom. The minimum Gasteiger partial charge on any atom is -0.481 e. The van der Waals surface area contributed by atoms with Crippen molar-refractivity contribution in [3.63, 3.8) is 0 Å². The number of carbonyl (C=O) groups excluding carboxylic acids is 2. The SMILES string of the molecule is CC1CC(=O)Nc2ccccc2N1C(=O)COc1ccc(Cl)c2cccnc12. The fraction of sp³-hybridized carbons (Fsp3) is 0.190. The molecule has 3 aromatic rings. The molecule has 6 nitrogen and oxygen atoms in total. The molecule has 0 saturated carbocycles. The van der Waals surface area contributed by atoms with Gasteiger partial charge in [0, 0.05) is 24.0 Å². The van der Waals surface area contributed by atoms with E-state index in [0.717, 1.165) is 5.39 Å². The maximum atomic E-state index is 13.0. The Kier molecular flexibility index (Phi) is 4.88. The highest BCUT2D eigenvalue weighted by atomic mass is 35.5. The van der Waals surface area contributed by atoms with Gasteiger partial charge < -0.3 is 15.0 Å². The average molecular weight is 396 g/mol. The summed E-state index contributed by atoms with van der Waals surface area (Å²) in [6.07, 6.45) is 1.86. The Labute approximate surface area is 167 Å². The number of benzene rings is 2. The van der Waals surface area contributed by atoms with Crippen LogP contribution in [0.1, 0.15) is 13.3 Å². The van der Waals surface area contributed by atoms with E-state index in [4.69, 9.17) is 16.3 Å². The highest BCUT2D eigenvalue weighted by Crippen LogP contribution is 2.32. The summed E-state index contributed by atoms with van der Waals surface area (Å²) >= 11 is 6.21. The molecule has 142 valence electrons. The molecule has 0 spiro atoms. The van der Waals surface area contributed by atoms with Gasteiger partial charge in [-0.3, -0.25) is 14.6 Å². The fourth-order valence-electron chi connectivity index (χ4n) is 3.41. The molecular weight excluding hydrogens is 378 g/mol. The first kappa shape index (κ1) is 18.3. The average Bonchev–Trinajstić information content (AvgIpc) is 2.81. The summed E-state index contributed by atoms with van der Waals surface area (Å²) in [4.78, 5) is 31.0. The molecule has 2 heterocycles. The Hall–Kier alpha value is -3.12. The second-order valence-electron chi connectivity index (χ2n) is 6.62. The molecule has 2 amide bonds. The zero-order chi connectivity index (χ0) is 19.7. The Bertz CT molecular complexity index is 1070. The number of nitrogens with one attached hydrogen (secondary N) is 1. The van der Waals surface area contributed by atoms with E-state index >= 15 is 0 Å². The van der Waals surface area contributed by atoms with Gasteiger partial charge in [0.2, 0.25) is 5.91 Å². The molecule has 2 aromatic carbocycles. The quantitative estimate of drug-likeness (QED) is 0.726. The summed E-state index contributed by atoms with van der Waals surface area (Å²) in [5.74, 6) is 0.123. The van der Waals surface area contributed by atoms with Crippen LogP contribution < -0.4 is 15.0 Å². The van der Waals surface area contributed by atoms with Gasteiger partial charge in [0.25, 0.3) is 5.91 Å². The van der Waals surface area contributed by atoms with Gasteiger partial charge in [0.05, 0.1) is 16.4 Å². The van der Waals surface area contributed by atoms with E-state index in [1.807, 2.05) is 31.2 Å². The van der Waals surface area contributed by atoms with E-state index in [1.54, 1.807) is 35.4 Å². The van der Waals surface area contributed by atoms with E-state index in [1.165, 1.54) is 0 Å². The van der Waals surface area contributed by atoms with E-state index in [0.29, 0.717) is 27.7 Å². The number of amides is 2. The van der Waals surface area contributed by atoms with Crippen molar-refractivity contribution in [3.8, 4) is 5.75 Å². The molecular formula is C21H18ClN3O3.